The molecular weight excluding hydrogens is 328 g/mol. The molecule has 0 aliphatic heterocycles. The smallest absolute Gasteiger partial charge is 0.258 e. The normalized spacial score (nSPS) is 25.5. The average Bonchev–Trinajstić information content (AvgIpc) is 3.19. The summed E-state index contributed by atoms with van der Waals surface area (Å²) in [5.74, 6) is 1.13. The Bertz CT molecular complexity index is 765. The molecule has 2 saturated carbocycles. The van der Waals surface area contributed by atoms with Crippen LogP contribution in [0, 0.1) is 11.8 Å². The van der Waals surface area contributed by atoms with Gasteiger partial charge in [-0.15, -0.1) is 4.13 Å². The average molecular weight is 346 g/mol. The predicted molar refractivity (Wildman–Crippen MR) is 79.3 cm³/mol. The first kappa shape index (κ1) is 15.7. The van der Waals surface area contributed by atoms with Crippen LogP contribution in [0.1, 0.15) is 25.7 Å². The van der Waals surface area contributed by atoms with Gasteiger partial charge in [0, 0.05) is 6.20 Å². The van der Waals surface area contributed by atoms with E-state index in [0.29, 0.717) is 24.7 Å². The Kier molecular flexibility index (Phi) is 3.90. The van der Waals surface area contributed by atoms with Crippen LogP contribution in [0.25, 0.3) is 0 Å². The van der Waals surface area contributed by atoms with Crippen LogP contribution in [0.5, 0.6) is 5.75 Å². The van der Waals surface area contributed by atoms with E-state index in [2.05, 4.69) is 4.98 Å². The highest BCUT2D eigenvalue weighted by atomic mass is 32.3. The lowest BCUT2D eigenvalue weighted by Crippen LogP contribution is -2.45. The van der Waals surface area contributed by atoms with Crippen molar-refractivity contribution in [2.24, 2.45) is 11.8 Å². The number of pyridine rings is 1. The van der Waals surface area contributed by atoms with E-state index in [-0.39, 0.29) is 10.6 Å². The summed E-state index contributed by atoms with van der Waals surface area (Å²) in [5, 5.41) is -0.629. The van der Waals surface area contributed by atoms with Gasteiger partial charge in [-0.2, -0.15) is 0 Å². The molecule has 9 heteroatoms. The minimum Gasteiger partial charge on any atom is -0.495 e. The van der Waals surface area contributed by atoms with Gasteiger partial charge in [0.1, 0.15) is 10.6 Å². The molecule has 0 amide bonds. The van der Waals surface area contributed by atoms with Crippen LogP contribution >= 0.6 is 0 Å². The summed E-state index contributed by atoms with van der Waals surface area (Å²) in [6.07, 6.45) is 5.86. The maximum absolute atomic E-state index is 12.3. The van der Waals surface area contributed by atoms with Gasteiger partial charge in [-0.25, -0.2) is 16.8 Å². The molecule has 0 spiro atoms. The lowest BCUT2D eigenvalue weighted by atomic mass is 9.81. The summed E-state index contributed by atoms with van der Waals surface area (Å²) in [7, 11) is -6.83. The third-order valence-electron chi connectivity index (χ3n) is 4.34. The van der Waals surface area contributed by atoms with Crippen molar-refractivity contribution in [2.45, 2.75) is 35.8 Å². The van der Waals surface area contributed by atoms with Crippen molar-refractivity contribution in [2.75, 3.05) is 7.11 Å². The van der Waals surface area contributed by atoms with Gasteiger partial charge in [0.2, 0.25) is 10.0 Å². The van der Waals surface area contributed by atoms with Crippen LogP contribution in [0.3, 0.4) is 0 Å². The Morgan fingerprint density at radius 1 is 1.18 bits per heavy atom. The zero-order valence-electron chi connectivity index (χ0n) is 12.1. The lowest BCUT2D eigenvalue weighted by molar-refractivity contribution is 0.279. The van der Waals surface area contributed by atoms with Crippen LogP contribution < -0.4 is 8.86 Å². The molecule has 1 aromatic heterocycles. The largest absolute Gasteiger partial charge is 0.495 e. The van der Waals surface area contributed by atoms with Crippen LogP contribution in [0.4, 0.5) is 0 Å². The van der Waals surface area contributed by atoms with Gasteiger partial charge in [0.05, 0.1) is 18.6 Å². The zero-order chi connectivity index (χ0) is 16.0. The molecule has 0 saturated heterocycles. The first-order valence-electron chi connectivity index (χ1n) is 7.09. The van der Waals surface area contributed by atoms with Crippen LogP contribution in [-0.4, -0.2) is 34.2 Å². The molecule has 0 unspecified atom stereocenters. The molecule has 0 bridgehead atoms. The Hall–Kier alpha value is -1.19. The quantitative estimate of drug-likeness (QED) is 0.820. The van der Waals surface area contributed by atoms with Gasteiger partial charge in [0.15, 0.2) is 0 Å². The number of methoxy groups -OCH3 is 1. The molecule has 2 aliphatic carbocycles. The number of rotatable bonds is 6. The van der Waals surface area contributed by atoms with Crippen molar-refractivity contribution >= 4 is 20.0 Å². The summed E-state index contributed by atoms with van der Waals surface area (Å²) in [4.78, 5) is 3.44. The minimum atomic E-state index is -4.23. The topological polar surface area (TPSA) is 102 Å². The molecule has 7 nitrogen and oxygen atoms in total. The van der Waals surface area contributed by atoms with Gasteiger partial charge in [-0.1, -0.05) is 0 Å². The second-order valence-electron chi connectivity index (χ2n) is 5.85. The van der Waals surface area contributed by atoms with Crippen molar-refractivity contribution in [3.05, 3.63) is 18.5 Å². The van der Waals surface area contributed by atoms with Crippen LogP contribution in [-0.2, 0) is 20.0 Å². The van der Waals surface area contributed by atoms with Gasteiger partial charge < -0.3 is 4.74 Å². The summed E-state index contributed by atoms with van der Waals surface area (Å²) in [5.41, 5.74) is 0. The number of sulfonamides is 2. The second-order valence-corrected chi connectivity index (χ2v) is 9.72. The van der Waals surface area contributed by atoms with Gasteiger partial charge in [-0.05, 0) is 43.6 Å². The van der Waals surface area contributed by atoms with Crippen LogP contribution in [0.15, 0.2) is 23.4 Å². The lowest BCUT2D eigenvalue weighted by Gasteiger charge is -2.34. The van der Waals surface area contributed by atoms with Crippen molar-refractivity contribution < 1.29 is 21.6 Å². The number of ether oxygens (including phenoxy) is 1. The van der Waals surface area contributed by atoms with E-state index in [1.807, 2.05) is 4.13 Å². The number of nitrogens with one attached hydrogen (secondary N) is 1. The van der Waals surface area contributed by atoms with E-state index in [0.717, 1.165) is 19.0 Å². The molecule has 0 aromatic carbocycles. The fraction of sp³-hybridized carbons (Fsp3) is 0.615. The summed E-state index contributed by atoms with van der Waals surface area (Å²) >= 11 is 0. The monoisotopic (exact) mass is 346 g/mol. The van der Waals surface area contributed by atoms with Crippen molar-refractivity contribution in [1.29, 1.82) is 0 Å². The summed E-state index contributed by atoms with van der Waals surface area (Å²) < 4.78 is 55.8. The first-order chi connectivity index (χ1) is 10.3. The predicted octanol–water partition coefficient (Wildman–Crippen LogP) is 0.887. The van der Waals surface area contributed by atoms with E-state index in [1.54, 1.807) is 0 Å². The fourth-order valence-electron chi connectivity index (χ4n) is 2.82. The van der Waals surface area contributed by atoms with E-state index >= 15 is 0 Å². The summed E-state index contributed by atoms with van der Waals surface area (Å²) in [6.45, 7) is 0. The Morgan fingerprint density at radius 2 is 1.86 bits per heavy atom. The standard InChI is InChI=1S/C13H18N2O5S2/c1-20-12-4-5-14-8-13(12)22(18,19)15-21(16,17)11-6-10(7-11)9-2-3-9/h4-5,8-11,15H,2-3,6-7H2,1H3. The number of nitrogens with zero attached hydrogens (tertiary/aromatic N) is 1. The molecule has 122 valence electrons. The second kappa shape index (κ2) is 5.47. The Balaban J connectivity index is 1.76. The fourth-order valence-corrected chi connectivity index (χ4v) is 6.56. The van der Waals surface area contributed by atoms with Crippen molar-refractivity contribution in [3.8, 4) is 5.75 Å². The highest BCUT2D eigenvalue weighted by Gasteiger charge is 2.46. The number of hydrogen-bond donors (Lipinski definition) is 1. The van der Waals surface area contributed by atoms with Crippen molar-refractivity contribution in [3.63, 3.8) is 0 Å². The SMILES string of the molecule is COc1ccncc1S(=O)(=O)NS(=O)(=O)C1CC(C2CC2)C1. The molecule has 2 aliphatic rings. The third kappa shape index (κ3) is 2.97. The molecule has 1 heterocycles. The molecule has 1 N–H and O–H groups in total. The molecule has 22 heavy (non-hydrogen) atoms. The number of aromatic nitrogens is 1. The molecule has 3 rings (SSSR count). The maximum atomic E-state index is 12.3. The molecule has 0 radical (unpaired) electrons. The van der Waals surface area contributed by atoms with E-state index in [9.17, 15) is 16.8 Å². The van der Waals surface area contributed by atoms with Gasteiger partial charge in [-0.3, -0.25) is 4.98 Å². The third-order valence-corrected chi connectivity index (χ3v) is 8.30. The maximum Gasteiger partial charge on any atom is 0.258 e. The molecule has 0 atom stereocenters. The minimum absolute atomic E-state index is 0.0576. The molecule has 2 fully saturated rings. The highest BCUT2D eigenvalue weighted by molar-refractivity contribution is 8.05. The van der Waals surface area contributed by atoms with E-state index in [4.69, 9.17) is 4.74 Å². The van der Waals surface area contributed by atoms with Gasteiger partial charge >= 0.3 is 0 Å². The number of hydrogen-bond acceptors (Lipinski definition) is 6. The zero-order valence-corrected chi connectivity index (χ0v) is 13.7. The van der Waals surface area contributed by atoms with Crippen LogP contribution in [0.2, 0.25) is 0 Å². The van der Waals surface area contributed by atoms with Gasteiger partial charge in [0.25, 0.3) is 10.0 Å². The summed E-state index contributed by atoms with van der Waals surface area (Å²) in [6, 6.07) is 1.37. The molecule has 1 aromatic rings. The van der Waals surface area contributed by atoms with E-state index in [1.165, 1.54) is 19.4 Å². The van der Waals surface area contributed by atoms with Crippen molar-refractivity contribution in [1.82, 2.24) is 9.11 Å². The first-order valence-corrected chi connectivity index (χ1v) is 10.1. The van der Waals surface area contributed by atoms with E-state index < -0.39 is 25.3 Å². The Morgan fingerprint density at radius 3 is 2.45 bits per heavy atom. The highest BCUT2D eigenvalue weighted by Crippen LogP contribution is 2.48. The molecular formula is C13H18N2O5S2. The Labute approximate surface area is 130 Å².